The lowest BCUT2D eigenvalue weighted by molar-refractivity contribution is 0.395. The zero-order chi connectivity index (χ0) is 14.4. The number of hydrogen-bond acceptors (Lipinski definition) is 5. The molecule has 6 nitrogen and oxygen atoms in total. The van der Waals surface area contributed by atoms with E-state index in [2.05, 4.69) is 22.3 Å². The second-order valence-corrected chi connectivity index (χ2v) is 4.32. The zero-order valence-corrected chi connectivity index (χ0v) is 12.1. The van der Waals surface area contributed by atoms with Gasteiger partial charge in [-0.2, -0.15) is 5.10 Å². The summed E-state index contributed by atoms with van der Waals surface area (Å²) in [7, 11) is 3.27. The normalized spacial score (nSPS) is 10.3. The van der Waals surface area contributed by atoms with Gasteiger partial charge in [0.15, 0.2) is 0 Å². The number of rotatable bonds is 7. The predicted molar refractivity (Wildman–Crippen MR) is 77.2 cm³/mol. The molecule has 108 valence electrons. The highest BCUT2D eigenvalue weighted by atomic mass is 16.5. The number of ether oxygens (including phenoxy) is 2. The molecule has 0 unspecified atom stereocenters. The fourth-order valence-corrected chi connectivity index (χ4v) is 1.94. The molecule has 0 bridgehead atoms. The topological polar surface area (TPSA) is 61.2 Å². The van der Waals surface area contributed by atoms with Gasteiger partial charge in [0, 0.05) is 12.6 Å². The van der Waals surface area contributed by atoms with Gasteiger partial charge in [-0.25, -0.2) is 9.67 Å². The van der Waals surface area contributed by atoms with Crippen LogP contribution >= 0.6 is 0 Å². The predicted octanol–water partition coefficient (Wildman–Crippen LogP) is 2.32. The van der Waals surface area contributed by atoms with Crippen LogP contribution in [0.4, 0.5) is 5.69 Å². The van der Waals surface area contributed by atoms with Gasteiger partial charge in [-0.1, -0.05) is 6.92 Å². The van der Waals surface area contributed by atoms with Gasteiger partial charge in [0.05, 0.1) is 26.5 Å². The van der Waals surface area contributed by atoms with Gasteiger partial charge in [0.2, 0.25) is 0 Å². The van der Waals surface area contributed by atoms with Crippen LogP contribution in [0.5, 0.6) is 11.5 Å². The SMILES string of the molecule is CCCn1ncnc1CNc1ccc(OC)cc1OC. The van der Waals surface area contributed by atoms with E-state index in [0.29, 0.717) is 6.54 Å². The monoisotopic (exact) mass is 276 g/mol. The molecule has 0 fully saturated rings. The van der Waals surface area contributed by atoms with Crippen molar-refractivity contribution >= 4 is 5.69 Å². The summed E-state index contributed by atoms with van der Waals surface area (Å²) >= 11 is 0. The summed E-state index contributed by atoms with van der Waals surface area (Å²) in [5.74, 6) is 2.41. The Morgan fingerprint density at radius 2 is 2.10 bits per heavy atom. The Kier molecular flexibility index (Phi) is 4.81. The Bertz CT molecular complexity index is 554. The Balaban J connectivity index is 2.08. The number of nitrogens with one attached hydrogen (secondary N) is 1. The highest BCUT2D eigenvalue weighted by molar-refractivity contribution is 5.59. The maximum Gasteiger partial charge on any atom is 0.146 e. The van der Waals surface area contributed by atoms with Crippen molar-refractivity contribution in [3.05, 3.63) is 30.4 Å². The van der Waals surface area contributed by atoms with E-state index in [4.69, 9.17) is 9.47 Å². The van der Waals surface area contributed by atoms with Crippen molar-refractivity contribution in [2.45, 2.75) is 26.4 Å². The molecular weight excluding hydrogens is 256 g/mol. The molecule has 0 saturated carbocycles. The third kappa shape index (κ3) is 3.20. The van der Waals surface area contributed by atoms with Crippen molar-refractivity contribution in [1.82, 2.24) is 14.8 Å². The minimum atomic E-state index is 0.600. The molecule has 0 aliphatic heterocycles. The van der Waals surface area contributed by atoms with Crippen molar-refractivity contribution in [1.29, 1.82) is 0 Å². The molecule has 0 amide bonds. The van der Waals surface area contributed by atoms with E-state index in [1.807, 2.05) is 22.9 Å². The van der Waals surface area contributed by atoms with Crippen LogP contribution in [0.2, 0.25) is 0 Å². The maximum absolute atomic E-state index is 5.35. The second-order valence-electron chi connectivity index (χ2n) is 4.32. The van der Waals surface area contributed by atoms with Crippen LogP contribution < -0.4 is 14.8 Å². The molecule has 0 aliphatic rings. The van der Waals surface area contributed by atoms with Crippen LogP contribution in [0.25, 0.3) is 0 Å². The average molecular weight is 276 g/mol. The zero-order valence-electron chi connectivity index (χ0n) is 12.1. The summed E-state index contributed by atoms with van der Waals surface area (Å²) < 4.78 is 12.4. The average Bonchev–Trinajstić information content (AvgIpc) is 2.92. The standard InChI is InChI=1S/C14H20N4O2/c1-4-7-18-14(16-10-17-18)9-15-12-6-5-11(19-2)8-13(12)20-3/h5-6,8,10,15H,4,7,9H2,1-3H3. The first kappa shape index (κ1) is 14.2. The minimum absolute atomic E-state index is 0.600. The largest absolute Gasteiger partial charge is 0.497 e. The number of benzene rings is 1. The number of anilines is 1. The lowest BCUT2D eigenvalue weighted by Crippen LogP contribution is -2.10. The molecule has 0 radical (unpaired) electrons. The molecule has 2 rings (SSSR count). The minimum Gasteiger partial charge on any atom is -0.497 e. The molecular formula is C14H20N4O2. The molecule has 1 N–H and O–H groups in total. The summed E-state index contributed by atoms with van der Waals surface area (Å²) in [6, 6.07) is 5.67. The first-order chi connectivity index (χ1) is 9.78. The number of aromatic nitrogens is 3. The fraction of sp³-hybridized carbons (Fsp3) is 0.429. The number of nitrogens with zero attached hydrogens (tertiary/aromatic N) is 3. The molecule has 0 spiro atoms. The number of aryl methyl sites for hydroxylation is 1. The fourth-order valence-electron chi connectivity index (χ4n) is 1.94. The van der Waals surface area contributed by atoms with E-state index in [0.717, 1.165) is 36.0 Å². The van der Waals surface area contributed by atoms with Crippen molar-refractivity contribution in [3.63, 3.8) is 0 Å². The van der Waals surface area contributed by atoms with Crippen molar-refractivity contribution in [3.8, 4) is 11.5 Å². The van der Waals surface area contributed by atoms with E-state index in [1.165, 1.54) is 0 Å². The summed E-state index contributed by atoms with van der Waals surface area (Å²) in [5.41, 5.74) is 0.902. The summed E-state index contributed by atoms with van der Waals surface area (Å²) in [5, 5.41) is 7.52. The van der Waals surface area contributed by atoms with E-state index < -0.39 is 0 Å². The maximum atomic E-state index is 5.35. The lowest BCUT2D eigenvalue weighted by atomic mass is 10.2. The van der Waals surface area contributed by atoms with Gasteiger partial charge in [0.1, 0.15) is 23.7 Å². The molecule has 1 heterocycles. The summed E-state index contributed by atoms with van der Waals surface area (Å²) in [6.07, 6.45) is 2.61. The van der Waals surface area contributed by atoms with Gasteiger partial charge in [0.25, 0.3) is 0 Å². The third-order valence-electron chi connectivity index (χ3n) is 2.98. The Labute approximate surface area is 118 Å². The lowest BCUT2D eigenvalue weighted by Gasteiger charge is -2.12. The third-order valence-corrected chi connectivity index (χ3v) is 2.98. The van der Waals surface area contributed by atoms with Crippen molar-refractivity contribution in [2.24, 2.45) is 0 Å². The van der Waals surface area contributed by atoms with Crippen molar-refractivity contribution < 1.29 is 9.47 Å². The smallest absolute Gasteiger partial charge is 0.146 e. The first-order valence-corrected chi connectivity index (χ1v) is 6.61. The molecule has 6 heteroatoms. The molecule has 2 aromatic rings. The van der Waals surface area contributed by atoms with E-state index in [9.17, 15) is 0 Å². The second kappa shape index (κ2) is 6.79. The Morgan fingerprint density at radius 3 is 2.80 bits per heavy atom. The highest BCUT2D eigenvalue weighted by Gasteiger charge is 2.07. The van der Waals surface area contributed by atoms with Gasteiger partial charge >= 0.3 is 0 Å². The Hall–Kier alpha value is -2.24. The molecule has 1 aromatic heterocycles. The highest BCUT2D eigenvalue weighted by Crippen LogP contribution is 2.29. The van der Waals surface area contributed by atoms with Gasteiger partial charge in [-0.05, 0) is 18.6 Å². The number of methoxy groups -OCH3 is 2. The van der Waals surface area contributed by atoms with E-state index in [1.54, 1.807) is 20.5 Å². The molecule has 20 heavy (non-hydrogen) atoms. The van der Waals surface area contributed by atoms with Gasteiger partial charge < -0.3 is 14.8 Å². The summed E-state index contributed by atoms with van der Waals surface area (Å²) in [6.45, 7) is 3.59. The van der Waals surface area contributed by atoms with Crippen LogP contribution in [0.1, 0.15) is 19.2 Å². The number of hydrogen-bond donors (Lipinski definition) is 1. The van der Waals surface area contributed by atoms with Crippen LogP contribution in [0.3, 0.4) is 0 Å². The van der Waals surface area contributed by atoms with Crippen LogP contribution in [-0.2, 0) is 13.1 Å². The van der Waals surface area contributed by atoms with E-state index >= 15 is 0 Å². The molecule has 0 aliphatic carbocycles. The molecule has 0 atom stereocenters. The van der Waals surface area contributed by atoms with E-state index in [-0.39, 0.29) is 0 Å². The van der Waals surface area contributed by atoms with Gasteiger partial charge in [-0.15, -0.1) is 0 Å². The van der Waals surface area contributed by atoms with Crippen molar-refractivity contribution in [2.75, 3.05) is 19.5 Å². The quantitative estimate of drug-likeness (QED) is 0.841. The molecule has 0 saturated heterocycles. The van der Waals surface area contributed by atoms with Gasteiger partial charge in [-0.3, -0.25) is 0 Å². The summed E-state index contributed by atoms with van der Waals surface area (Å²) in [4.78, 5) is 4.26. The van der Waals surface area contributed by atoms with Crippen LogP contribution in [0, 0.1) is 0 Å². The first-order valence-electron chi connectivity index (χ1n) is 6.61. The Morgan fingerprint density at radius 1 is 1.25 bits per heavy atom. The van der Waals surface area contributed by atoms with Crippen LogP contribution in [-0.4, -0.2) is 29.0 Å². The van der Waals surface area contributed by atoms with Crippen LogP contribution in [0.15, 0.2) is 24.5 Å². The molecule has 1 aromatic carbocycles.